The monoisotopic (exact) mass is 350 g/mol. The molecule has 0 spiro atoms. The van der Waals surface area contributed by atoms with Gasteiger partial charge in [-0.3, -0.25) is 4.79 Å². The normalized spacial score (nSPS) is 16.7. The molecule has 2 aromatic heterocycles. The Labute approximate surface area is 152 Å². The largest absolute Gasteiger partial charge is 0.467 e. The summed E-state index contributed by atoms with van der Waals surface area (Å²) >= 11 is 0. The lowest BCUT2D eigenvalue weighted by Crippen LogP contribution is -2.45. The quantitative estimate of drug-likeness (QED) is 0.726. The Hall–Kier alpha value is -2.89. The van der Waals surface area contributed by atoms with E-state index in [1.165, 1.54) is 12.0 Å². The van der Waals surface area contributed by atoms with E-state index in [4.69, 9.17) is 4.74 Å². The highest BCUT2D eigenvalue weighted by molar-refractivity contribution is 5.84. The van der Waals surface area contributed by atoms with Gasteiger partial charge in [-0.1, -0.05) is 26.0 Å². The summed E-state index contributed by atoms with van der Waals surface area (Å²) in [6.45, 7) is 5.77. The number of para-hydroxylation sites is 1. The van der Waals surface area contributed by atoms with Gasteiger partial charge in [0.2, 0.25) is 5.88 Å². The number of aromatic nitrogens is 3. The number of carbonyl (C=O) groups is 1. The minimum atomic E-state index is -0.0229. The van der Waals surface area contributed by atoms with Gasteiger partial charge in [-0.25, -0.2) is 9.97 Å². The molecule has 0 saturated carbocycles. The fraction of sp³-hybridized carbons (Fsp3) is 0.350. The topological polar surface area (TPSA) is 60.2 Å². The van der Waals surface area contributed by atoms with E-state index in [-0.39, 0.29) is 18.6 Å². The SMILES string of the molecule is CC(C)C1c2cccn2CCN1C(=O)COc1ncnc2ccccc12. The van der Waals surface area contributed by atoms with Gasteiger partial charge >= 0.3 is 0 Å². The van der Waals surface area contributed by atoms with Crippen LogP contribution in [0.4, 0.5) is 0 Å². The molecule has 0 saturated heterocycles. The summed E-state index contributed by atoms with van der Waals surface area (Å²) in [6, 6.07) is 11.8. The van der Waals surface area contributed by atoms with Crippen LogP contribution in [0.25, 0.3) is 10.9 Å². The number of hydrogen-bond acceptors (Lipinski definition) is 4. The van der Waals surface area contributed by atoms with E-state index in [1.54, 1.807) is 0 Å². The van der Waals surface area contributed by atoms with Crippen molar-refractivity contribution < 1.29 is 9.53 Å². The van der Waals surface area contributed by atoms with Gasteiger partial charge in [0.1, 0.15) is 6.33 Å². The smallest absolute Gasteiger partial charge is 0.261 e. The zero-order valence-corrected chi connectivity index (χ0v) is 15.0. The van der Waals surface area contributed by atoms with Gasteiger partial charge in [0.25, 0.3) is 5.91 Å². The molecular weight excluding hydrogens is 328 g/mol. The lowest BCUT2D eigenvalue weighted by atomic mass is 9.97. The zero-order chi connectivity index (χ0) is 18.1. The Balaban J connectivity index is 1.53. The van der Waals surface area contributed by atoms with E-state index in [0.717, 1.165) is 17.4 Å². The van der Waals surface area contributed by atoms with E-state index in [2.05, 4.69) is 40.6 Å². The van der Waals surface area contributed by atoms with Crippen molar-refractivity contribution in [2.24, 2.45) is 5.92 Å². The molecule has 6 nitrogen and oxygen atoms in total. The van der Waals surface area contributed by atoms with Crippen molar-refractivity contribution in [2.75, 3.05) is 13.2 Å². The highest BCUT2D eigenvalue weighted by Gasteiger charge is 2.33. The van der Waals surface area contributed by atoms with Crippen molar-refractivity contribution in [2.45, 2.75) is 26.4 Å². The average molecular weight is 350 g/mol. The average Bonchev–Trinajstić information content (AvgIpc) is 3.13. The molecule has 6 heteroatoms. The summed E-state index contributed by atoms with van der Waals surface area (Å²) in [5.41, 5.74) is 1.99. The second-order valence-electron chi connectivity index (χ2n) is 6.89. The highest BCUT2D eigenvalue weighted by atomic mass is 16.5. The van der Waals surface area contributed by atoms with Crippen LogP contribution in [-0.2, 0) is 11.3 Å². The van der Waals surface area contributed by atoms with Crippen LogP contribution in [0.3, 0.4) is 0 Å². The first-order chi connectivity index (χ1) is 12.6. The molecule has 0 aliphatic carbocycles. The van der Waals surface area contributed by atoms with Gasteiger partial charge in [0.05, 0.1) is 16.9 Å². The standard InChI is InChI=1S/C20H22N4O2/c1-14(2)19-17-8-5-9-23(17)10-11-24(19)18(25)12-26-20-15-6-3-4-7-16(15)21-13-22-20/h3-9,13-14,19H,10-12H2,1-2H3. The number of benzene rings is 1. The van der Waals surface area contributed by atoms with E-state index in [0.29, 0.717) is 18.3 Å². The van der Waals surface area contributed by atoms with Crippen molar-refractivity contribution in [1.82, 2.24) is 19.4 Å². The summed E-state index contributed by atoms with van der Waals surface area (Å²) in [5, 5.41) is 0.815. The zero-order valence-electron chi connectivity index (χ0n) is 15.0. The molecular formula is C20H22N4O2. The summed E-state index contributed by atoms with van der Waals surface area (Å²) in [4.78, 5) is 23.3. The molecule has 0 bridgehead atoms. The van der Waals surface area contributed by atoms with Gasteiger partial charge < -0.3 is 14.2 Å². The van der Waals surface area contributed by atoms with Crippen molar-refractivity contribution >= 4 is 16.8 Å². The number of nitrogens with zero attached hydrogens (tertiary/aromatic N) is 4. The van der Waals surface area contributed by atoms with Gasteiger partial charge in [-0.15, -0.1) is 0 Å². The predicted molar refractivity (Wildman–Crippen MR) is 98.8 cm³/mol. The Morgan fingerprint density at radius 3 is 2.88 bits per heavy atom. The molecule has 1 atom stereocenters. The minimum absolute atomic E-state index is 0.0150. The molecule has 1 aromatic carbocycles. The predicted octanol–water partition coefficient (Wildman–Crippen LogP) is 3.05. The van der Waals surface area contributed by atoms with E-state index in [1.807, 2.05) is 35.2 Å². The number of amides is 1. The molecule has 1 unspecified atom stereocenters. The maximum absolute atomic E-state index is 12.9. The number of hydrogen-bond donors (Lipinski definition) is 0. The Kier molecular flexibility index (Phi) is 4.32. The van der Waals surface area contributed by atoms with Crippen LogP contribution in [0.5, 0.6) is 5.88 Å². The highest BCUT2D eigenvalue weighted by Crippen LogP contribution is 2.32. The molecule has 134 valence electrons. The molecule has 1 aliphatic rings. The van der Waals surface area contributed by atoms with E-state index < -0.39 is 0 Å². The van der Waals surface area contributed by atoms with Crippen molar-refractivity contribution in [1.29, 1.82) is 0 Å². The van der Waals surface area contributed by atoms with Crippen LogP contribution in [0, 0.1) is 5.92 Å². The maximum atomic E-state index is 12.9. The molecule has 0 N–H and O–H groups in total. The summed E-state index contributed by atoms with van der Waals surface area (Å²) in [6.07, 6.45) is 3.54. The molecule has 3 aromatic rings. The summed E-state index contributed by atoms with van der Waals surface area (Å²) < 4.78 is 8.01. The second kappa shape index (κ2) is 6.78. The van der Waals surface area contributed by atoms with Gasteiger partial charge in [0, 0.05) is 25.0 Å². The second-order valence-corrected chi connectivity index (χ2v) is 6.89. The van der Waals surface area contributed by atoms with Gasteiger partial charge in [-0.2, -0.15) is 0 Å². The van der Waals surface area contributed by atoms with Crippen LogP contribution in [0.1, 0.15) is 25.6 Å². The minimum Gasteiger partial charge on any atom is -0.467 e. The number of rotatable bonds is 4. The first-order valence-corrected chi connectivity index (χ1v) is 8.92. The van der Waals surface area contributed by atoms with Crippen LogP contribution in [-0.4, -0.2) is 38.5 Å². The fourth-order valence-corrected chi connectivity index (χ4v) is 3.70. The van der Waals surface area contributed by atoms with Crippen molar-refractivity contribution in [3.8, 4) is 5.88 Å². The Morgan fingerprint density at radius 2 is 2.04 bits per heavy atom. The molecule has 4 rings (SSSR count). The Morgan fingerprint density at radius 1 is 1.19 bits per heavy atom. The van der Waals surface area contributed by atoms with Crippen LogP contribution in [0.2, 0.25) is 0 Å². The first kappa shape index (κ1) is 16.6. The fourth-order valence-electron chi connectivity index (χ4n) is 3.70. The molecule has 1 aliphatic heterocycles. The summed E-state index contributed by atoms with van der Waals surface area (Å²) in [7, 11) is 0. The van der Waals surface area contributed by atoms with Crippen LogP contribution < -0.4 is 4.74 Å². The van der Waals surface area contributed by atoms with Gasteiger partial charge in [-0.05, 0) is 30.2 Å². The lowest BCUT2D eigenvalue weighted by Gasteiger charge is -2.39. The lowest BCUT2D eigenvalue weighted by molar-refractivity contribution is -0.138. The molecule has 0 fully saturated rings. The van der Waals surface area contributed by atoms with E-state index in [9.17, 15) is 4.79 Å². The molecule has 0 radical (unpaired) electrons. The summed E-state index contributed by atoms with van der Waals surface area (Å²) in [5.74, 6) is 0.761. The Bertz CT molecular complexity index is 929. The van der Waals surface area contributed by atoms with Crippen LogP contribution >= 0.6 is 0 Å². The van der Waals surface area contributed by atoms with Crippen molar-refractivity contribution in [3.05, 3.63) is 54.6 Å². The molecule has 1 amide bonds. The first-order valence-electron chi connectivity index (χ1n) is 8.92. The third-order valence-corrected chi connectivity index (χ3v) is 4.88. The van der Waals surface area contributed by atoms with Gasteiger partial charge in [0.15, 0.2) is 6.61 Å². The third-order valence-electron chi connectivity index (χ3n) is 4.88. The molecule has 26 heavy (non-hydrogen) atoms. The third kappa shape index (κ3) is 2.92. The number of fused-ring (bicyclic) bond motifs is 2. The van der Waals surface area contributed by atoms with Crippen molar-refractivity contribution in [3.63, 3.8) is 0 Å². The number of carbonyl (C=O) groups excluding carboxylic acids is 1. The van der Waals surface area contributed by atoms with Crippen LogP contribution in [0.15, 0.2) is 48.9 Å². The maximum Gasteiger partial charge on any atom is 0.261 e. The number of ether oxygens (including phenoxy) is 1. The van der Waals surface area contributed by atoms with E-state index >= 15 is 0 Å². The molecule has 3 heterocycles.